The first-order valence-electron chi connectivity index (χ1n) is 11.2. The number of nitrogens with two attached hydrogens (primary N) is 1. The maximum atomic E-state index is 13.9. The molecule has 0 aliphatic carbocycles. The Morgan fingerprint density at radius 2 is 1.82 bits per heavy atom. The predicted octanol–water partition coefficient (Wildman–Crippen LogP) is 3.49. The Balaban J connectivity index is 1.65. The number of nitrogens with zero attached hydrogens (tertiary/aromatic N) is 4. The van der Waals surface area contributed by atoms with Gasteiger partial charge in [-0.25, -0.2) is 22.7 Å². The fourth-order valence-electron chi connectivity index (χ4n) is 4.85. The summed E-state index contributed by atoms with van der Waals surface area (Å²) < 4.78 is 25.3. The van der Waals surface area contributed by atoms with Gasteiger partial charge in [-0.3, -0.25) is 4.79 Å². The van der Waals surface area contributed by atoms with Gasteiger partial charge in [0.15, 0.2) is 0 Å². The summed E-state index contributed by atoms with van der Waals surface area (Å²) in [6, 6.07) is 7.25. The third-order valence-electron chi connectivity index (χ3n) is 6.88. The van der Waals surface area contributed by atoms with Gasteiger partial charge in [0.1, 0.15) is 0 Å². The van der Waals surface area contributed by atoms with Crippen molar-refractivity contribution in [3.8, 4) is 11.1 Å². The Morgan fingerprint density at radius 1 is 1.15 bits per heavy atom. The maximum Gasteiger partial charge on any atom is 0.229 e. The molecule has 2 aromatic rings. The van der Waals surface area contributed by atoms with E-state index in [0.29, 0.717) is 37.5 Å². The topological polar surface area (TPSA) is 109 Å². The smallest absolute Gasteiger partial charge is 0.229 e. The number of amides is 1. The predicted molar refractivity (Wildman–Crippen MR) is 129 cm³/mol. The van der Waals surface area contributed by atoms with E-state index in [4.69, 9.17) is 17.3 Å². The van der Waals surface area contributed by atoms with Crippen molar-refractivity contribution in [2.75, 3.05) is 31.6 Å². The summed E-state index contributed by atoms with van der Waals surface area (Å²) in [7, 11) is -3.26. The van der Waals surface area contributed by atoms with Crippen LogP contribution in [-0.4, -0.2) is 59.4 Å². The highest BCUT2D eigenvalue weighted by atomic mass is 35.5. The molecule has 0 bridgehead atoms. The van der Waals surface area contributed by atoms with Crippen molar-refractivity contribution in [2.24, 2.45) is 5.41 Å². The molecule has 3 heterocycles. The molecule has 2 aliphatic heterocycles. The second-order valence-electron chi connectivity index (χ2n) is 9.27. The largest absolute Gasteiger partial charge is 0.368 e. The Morgan fingerprint density at radius 3 is 2.45 bits per heavy atom. The second-order valence-corrected chi connectivity index (χ2v) is 11.7. The average Bonchev–Trinajstić information content (AvgIpc) is 2.79. The van der Waals surface area contributed by atoms with Crippen molar-refractivity contribution in [3.05, 3.63) is 41.2 Å². The van der Waals surface area contributed by atoms with Crippen LogP contribution in [0.15, 0.2) is 30.5 Å². The van der Waals surface area contributed by atoms with E-state index in [2.05, 4.69) is 9.97 Å². The van der Waals surface area contributed by atoms with E-state index in [1.165, 1.54) is 10.6 Å². The van der Waals surface area contributed by atoms with Gasteiger partial charge in [-0.1, -0.05) is 30.7 Å². The van der Waals surface area contributed by atoms with Gasteiger partial charge in [0.25, 0.3) is 0 Å². The lowest BCUT2D eigenvalue weighted by Crippen LogP contribution is -2.51. The maximum absolute atomic E-state index is 13.9. The van der Waals surface area contributed by atoms with Crippen molar-refractivity contribution in [2.45, 2.75) is 45.1 Å². The highest BCUT2D eigenvalue weighted by Crippen LogP contribution is 2.41. The minimum atomic E-state index is -3.26. The van der Waals surface area contributed by atoms with Gasteiger partial charge in [-0.15, -0.1) is 0 Å². The van der Waals surface area contributed by atoms with Gasteiger partial charge in [0, 0.05) is 41.8 Å². The minimum Gasteiger partial charge on any atom is -0.368 e. The van der Waals surface area contributed by atoms with Crippen LogP contribution in [0.4, 0.5) is 5.95 Å². The number of anilines is 1. The van der Waals surface area contributed by atoms with Gasteiger partial charge in [0.2, 0.25) is 21.9 Å². The van der Waals surface area contributed by atoms with E-state index >= 15 is 0 Å². The molecule has 178 valence electrons. The number of hydrogen-bond donors (Lipinski definition) is 1. The van der Waals surface area contributed by atoms with Crippen LogP contribution in [0.25, 0.3) is 11.1 Å². The zero-order valence-corrected chi connectivity index (χ0v) is 20.6. The normalized spacial score (nSPS) is 21.7. The molecule has 1 aromatic carbocycles. The number of aromatic nitrogens is 2. The SMILES string of the molecule is CC1(C(=O)N2CCCCC2c2nc(N)ncc2-c2ccc(Cl)cc2)CCN(S(C)(=O)=O)CC1. The van der Waals surface area contributed by atoms with Crippen molar-refractivity contribution in [1.29, 1.82) is 0 Å². The first kappa shape index (κ1) is 23.9. The molecule has 0 saturated carbocycles. The third kappa shape index (κ3) is 5.00. The molecule has 10 heteroatoms. The molecular weight excluding hydrogens is 462 g/mol. The third-order valence-corrected chi connectivity index (χ3v) is 8.44. The summed E-state index contributed by atoms with van der Waals surface area (Å²) in [5, 5.41) is 0.638. The molecule has 4 rings (SSSR count). The van der Waals surface area contributed by atoms with Crippen LogP contribution < -0.4 is 5.73 Å². The first-order valence-corrected chi connectivity index (χ1v) is 13.5. The highest BCUT2D eigenvalue weighted by Gasteiger charge is 2.44. The molecule has 8 nitrogen and oxygen atoms in total. The molecule has 2 N–H and O–H groups in total. The van der Waals surface area contributed by atoms with Gasteiger partial charge in [-0.2, -0.15) is 0 Å². The number of piperidine rings is 2. The molecular formula is C23H30ClN5O3S. The molecule has 0 radical (unpaired) electrons. The summed E-state index contributed by atoms with van der Waals surface area (Å²) in [4.78, 5) is 24.6. The van der Waals surface area contributed by atoms with E-state index in [-0.39, 0.29) is 17.9 Å². The zero-order chi connectivity index (χ0) is 23.8. The highest BCUT2D eigenvalue weighted by molar-refractivity contribution is 7.88. The van der Waals surface area contributed by atoms with E-state index in [1.807, 2.05) is 36.1 Å². The van der Waals surface area contributed by atoms with Crippen LogP contribution in [0.2, 0.25) is 5.02 Å². The number of nitrogen functional groups attached to an aromatic ring is 1. The average molecular weight is 492 g/mol. The first-order chi connectivity index (χ1) is 15.6. The molecule has 1 atom stereocenters. The van der Waals surface area contributed by atoms with Crippen molar-refractivity contribution in [3.63, 3.8) is 0 Å². The quantitative estimate of drug-likeness (QED) is 0.701. The Bertz CT molecular complexity index is 1130. The summed E-state index contributed by atoms with van der Waals surface area (Å²) in [6.07, 6.45) is 6.62. The van der Waals surface area contributed by atoms with Crippen molar-refractivity contribution >= 4 is 33.5 Å². The minimum absolute atomic E-state index is 0.0552. The second kappa shape index (κ2) is 9.19. The van der Waals surface area contributed by atoms with E-state index in [0.717, 1.165) is 36.1 Å². The zero-order valence-electron chi connectivity index (χ0n) is 19.0. The Labute approximate surface area is 200 Å². The van der Waals surface area contributed by atoms with Gasteiger partial charge >= 0.3 is 0 Å². The number of halogens is 1. The summed E-state index contributed by atoms with van der Waals surface area (Å²) in [5.41, 5.74) is 7.86. The molecule has 2 aliphatic rings. The lowest BCUT2D eigenvalue weighted by molar-refractivity contribution is -0.147. The van der Waals surface area contributed by atoms with E-state index < -0.39 is 15.4 Å². The number of benzene rings is 1. The van der Waals surface area contributed by atoms with Crippen LogP contribution in [0.3, 0.4) is 0 Å². The van der Waals surface area contributed by atoms with Crippen LogP contribution in [-0.2, 0) is 14.8 Å². The number of carbonyl (C=O) groups is 1. The fraction of sp³-hybridized carbons (Fsp3) is 0.522. The lowest BCUT2D eigenvalue weighted by atomic mass is 9.78. The number of carbonyl (C=O) groups excluding carboxylic acids is 1. The molecule has 2 saturated heterocycles. The molecule has 1 unspecified atom stereocenters. The monoisotopic (exact) mass is 491 g/mol. The molecule has 33 heavy (non-hydrogen) atoms. The summed E-state index contributed by atoms with van der Waals surface area (Å²) >= 11 is 6.07. The fourth-order valence-corrected chi connectivity index (χ4v) is 5.82. The van der Waals surface area contributed by atoms with Crippen LogP contribution in [0.5, 0.6) is 0 Å². The van der Waals surface area contributed by atoms with Crippen LogP contribution >= 0.6 is 11.6 Å². The van der Waals surface area contributed by atoms with Crippen molar-refractivity contribution < 1.29 is 13.2 Å². The number of hydrogen-bond acceptors (Lipinski definition) is 6. The summed E-state index contributed by atoms with van der Waals surface area (Å²) in [5.74, 6) is 0.230. The Hall–Kier alpha value is -2.23. The van der Waals surface area contributed by atoms with Crippen LogP contribution in [0.1, 0.15) is 50.8 Å². The van der Waals surface area contributed by atoms with Gasteiger partial charge in [0.05, 0.1) is 18.0 Å². The van der Waals surface area contributed by atoms with Gasteiger partial charge in [-0.05, 0) is 49.8 Å². The van der Waals surface area contributed by atoms with E-state index in [1.54, 1.807) is 6.20 Å². The Kier molecular flexibility index (Phi) is 6.66. The molecule has 1 aromatic heterocycles. The summed E-state index contributed by atoms with van der Waals surface area (Å²) in [6.45, 7) is 3.31. The van der Waals surface area contributed by atoms with Crippen LogP contribution in [0, 0.1) is 5.41 Å². The number of sulfonamides is 1. The number of rotatable bonds is 4. The molecule has 0 spiro atoms. The van der Waals surface area contributed by atoms with E-state index in [9.17, 15) is 13.2 Å². The molecule has 2 fully saturated rings. The van der Waals surface area contributed by atoms with Gasteiger partial charge < -0.3 is 10.6 Å². The molecule has 1 amide bonds. The van der Waals surface area contributed by atoms with Crippen molar-refractivity contribution in [1.82, 2.24) is 19.2 Å². The standard InChI is InChI=1S/C23H30ClN5O3S/c1-23(10-13-28(14-11-23)33(2,31)32)21(30)29-12-4-3-5-19(29)20-18(15-26-22(25)27-20)16-6-8-17(24)9-7-16/h6-9,15,19H,3-5,10-14H2,1-2H3,(H2,25,26,27). The lowest BCUT2D eigenvalue weighted by Gasteiger charge is -2.44. The number of likely N-dealkylation sites (tertiary alicyclic amines) is 1.